The molecule has 1 saturated carbocycles. The third-order valence-electron chi connectivity index (χ3n) is 5.61. The van der Waals surface area contributed by atoms with Gasteiger partial charge < -0.3 is 16.3 Å². The Morgan fingerprint density at radius 3 is 2.29 bits per heavy atom. The molecule has 1 aliphatic carbocycles. The van der Waals surface area contributed by atoms with Gasteiger partial charge in [-0.2, -0.15) is 4.68 Å². The fourth-order valence-electron chi connectivity index (χ4n) is 3.49. The lowest BCUT2D eigenvalue weighted by Crippen LogP contribution is -2.57. The van der Waals surface area contributed by atoms with Gasteiger partial charge in [0.1, 0.15) is 5.75 Å². The van der Waals surface area contributed by atoms with Crippen LogP contribution in [0.1, 0.15) is 31.2 Å². The lowest BCUT2D eigenvalue weighted by molar-refractivity contribution is -0.118. The average molecular weight is 485 g/mol. The summed E-state index contributed by atoms with van der Waals surface area (Å²) in [5.74, 6) is 6.16. The first-order valence-corrected chi connectivity index (χ1v) is 11.3. The first kappa shape index (κ1) is 23.4. The van der Waals surface area contributed by atoms with Crippen molar-refractivity contribution in [1.82, 2.24) is 13.8 Å². The van der Waals surface area contributed by atoms with Crippen molar-refractivity contribution in [3.63, 3.8) is 0 Å². The van der Waals surface area contributed by atoms with Crippen LogP contribution in [0, 0.1) is 0 Å². The van der Waals surface area contributed by atoms with Crippen molar-refractivity contribution in [3.8, 4) is 5.75 Å². The number of amides is 1. The minimum absolute atomic E-state index is 0.0482. The summed E-state index contributed by atoms with van der Waals surface area (Å²) in [7, 11) is 0. The van der Waals surface area contributed by atoms with E-state index in [1.54, 1.807) is 48.5 Å². The highest BCUT2D eigenvalue weighted by Gasteiger charge is 2.19. The fraction of sp³-hybridized carbons (Fsp3) is 0.304. The molecule has 10 nitrogen and oxygen atoms in total. The highest BCUT2D eigenvalue weighted by Crippen LogP contribution is 2.26. The molecule has 4 N–H and O–H groups in total. The molecular weight excluding hydrogens is 460 g/mol. The summed E-state index contributed by atoms with van der Waals surface area (Å²) < 4.78 is 8.79. The van der Waals surface area contributed by atoms with E-state index >= 15 is 0 Å². The van der Waals surface area contributed by atoms with Crippen molar-refractivity contribution in [3.05, 3.63) is 85.7 Å². The molecule has 3 aromatic rings. The number of nitrogen functional groups attached to an aromatic ring is 1. The van der Waals surface area contributed by atoms with Crippen LogP contribution >= 0.6 is 11.6 Å². The molecule has 0 saturated heterocycles. The maximum atomic E-state index is 13.3. The number of nitrogens with two attached hydrogens (primary N) is 2. The van der Waals surface area contributed by atoms with E-state index in [-0.39, 0.29) is 31.2 Å². The Hall–Kier alpha value is -3.79. The number of benzene rings is 2. The second-order valence-corrected chi connectivity index (χ2v) is 8.53. The van der Waals surface area contributed by atoms with Crippen LogP contribution in [-0.4, -0.2) is 25.8 Å². The van der Waals surface area contributed by atoms with Gasteiger partial charge in [-0.05, 0) is 61.2 Å². The predicted molar refractivity (Wildman–Crippen MR) is 127 cm³/mol. The van der Waals surface area contributed by atoms with Crippen molar-refractivity contribution in [2.24, 2.45) is 10.7 Å². The number of carbonyl (C=O) groups is 1. The Morgan fingerprint density at radius 2 is 1.71 bits per heavy atom. The van der Waals surface area contributed by atoms with E-state index in [9.17, 15) is 14.4 Å². The minimum atomic E-state index is -0.803. The van der Waals surface area contributed by atoms with Gasteiger partial charge in [-0.3, -0.25) is 9.36 Å². The molecule has 178 valence electrons. The second kappa shape index (κ2) is 10.0. The Morgan fingerprint density at radius 1 is 1.03 bits per heavy atom. The van der Waals surface area contributed by atoms with Crippen LogP contribution in [0.25, 0.3) is 0 Å². The van der Waals surface area contributed by atoms with Crippen molar-refractivity contribution in [2.45, 2.75) is 44.9 Å². The van der Waals surface area contributed by atoms with Crippen molar-refractivity contribution < 1.29 is 9.53 Å². The number of primary amides is 1. The molecule has 0 spiro atoms. The molecule has 4 rings (SSSR count). The molecule has 1 fully saturated rings. The number of ether oxygens (including phenoxy) is 1. The standard InChI is InChI=1S/C23H25ClN6O4/c24-16-6-4-15(5-7-16)14-29-21(30(26)23(33)28(22(29)32)13-12-20(25)31)27-17-8-10-19(11-9-17)34-18-2-1-3-18/h4-11,18H,1-3,12-14,26H2,(H2,25,31). The van der Waals surface area contributed by atoms with Crippen LogP contribution in [-0.2, 0) is 17.9 Å². The van der Waals surface area contributed by atoms with Gasteiger partial charge in [0, 0.05) is 18.0 Å². The highest BCUT2D eigenvalue weighted by atomic mass is 35.5. The smallest absolute Gasteiger partial charge is 0.353 e. The highest BCUT2D eigenvalue weighted by molar-refractivity contribution is 6.30. The molecule has 1 amide bonds. The normalized spacial score (nSPS) is 14.1. The second-order valence-electron chi connectivity index (χ2n) is 8.09. The Balaban J connectivity index is 1.79. The predicted octanol–water partition coefficient (Wildman–Crippen LogP) is 1.27. The van der Waals surface area contributed by atoms with Crippen molar-refractivity contribution >= 4 is 23.2 Å². The molecule has 0 unspecified atom stereocenters. The van der Waals surface area contributed by atoms with Gasteiger partial charge in [0.2, 0.25) is 11.5 Å². The van der Waals surface area contributed by atoms with Gasteiger partial charge in [-0.15, -0.1) is 0 Å². The molecule has 0 aliphatic heterocycles. The Labute approximate surface area is 199 Å². The molecule has 0 bridgehead atoms. The Kier molecular flexibility index (Phi) is 6.87. The third-order valence-corrected chi connectivity index (χ3v) is 5.86. The quantitative estimate of drug-likeness (QED) is 0.463. The zero-order chi connectivity index (χ0) is 24.2. The number of hydrogen-bond acceptors (Lipinski definition) is 6. The van der Waals surface area contributed by atoms with Crippen LogP contribution in [0.3, 0.4) is 0 Å². The van der Waals surface area contributed by atoms with Gasteiger partial charge in [0.25, 0.3) is 0 Å². The van der Waals surface area contributed by atoms with E-state index in [2.05, 4.69) is 4.99 Å². The molecule has 0 atom stereocenters. The number of rotatable bonds is 8. The minimum Gasteiger partial charge on any atom is -0.490 e. The van der Waals surface area contributed by atoms with Crippen LogP contribution in [0.15, 0.2) is 63.1 Å². The van der Waals surface area contributed by atoms with Gasteiger partial charge in [-0.25, -0.2) is 19.1 Å². The van der Waals surface area contributed by atoms with E-state index in [0.717, 1.165) is 33.4 Å². The third kappa shape index (κ3) is 5.23. The number of aromatic nitrogens is 3. The van der Waals surface area contributed by atoms with Gasteiger partial charge >= 0.3 is 11.4 Å². The monoisotopic (exact) mass is 484 g/mol. The van der Waals surface area contributed by atoms with Crippen molar-refractivity contribution in [1.29, 1.82) is 0 Å². The molecule has 1 heterocycles. The lowest BCUT2D eigenvalue weighted by Gasteiger charge is -2.26. The Bertz CT molecular complexity index is 1370. The lowest BCUT2D eigenvalue weighted by atomic mass is 9.96. The molecule has 11 heteroatoms. The van der Waals surface area contributed by atoms with Crippen LogP contribution in [0.2, 0.25) is 5.02 Å². The molecule has 0 radical (unpaired) electrons. The summed E-state index contributed by atoms with van der Waals surface area (Å²) in [5.41, 5.74) is 4.91. The molecular formula is C23H25ClN6O4. The summed E-state index contributed by atoms with van der Waals surface area (Å²) in [6, 6.07) is 13.9. The number of nitrogens with zero attached hydrogens (tertiary/aromatic N) is 4. The zero-order valence-corrected chi connectivity index (χ0v) is 19.1. The molecule has 2 aromatic carbocycles. The topological polar surface area (TPSA) is 140 Å². The van der Waals surface area contributed by atoms with E-state index in [1.165, 1.54) is 11.0 Å². The summed E-state index contributed by atoms with van der Waals surface area (Å²) >= 11 is 5.97. The van der Waals surface area contributed by atoms with Gasteiger partial charge in [0.05, 0.1) is 18.3 Å². The fourth-order valence-corrected chi connectivity index (χ4v) is 3.62. The summed E-state index contributed by atoms with van der Waals surface area (Å²) in [4.78, 5) is 41.8. The van der Waals surface area contributed by atoms with Crippen LogP contribution in [0.4, 0.5) is 5.69 Å². The number of hydrogen-bond donors (Lipinski definition) is 2. The number of carbonyl (C=O) groups excluding carboxylic acids is 1. The number of halogens is 1. The largest absolute Gasteiger partial charge is 0.490 e. The summed E-state index contributed by atoms with van der Waals surface area (Å²) in [6.07, 6.45) is 3.32. The summed E-state index contributed by atoms with van der Waals surface area (Å²) in [6.45, 7) is -0.121. The maximum Gasteiger partial charge on any atom is 0.353 e. The zero-order valence-electron chi connectivity index (χ0n) is 18.4. The van der Waals surface area contributed by atoms with E-state index in [1.807, 2.05) is 0 Å². The van der Waals surface area contributed by atoms with E-state index < -0.39 is 17.3 Å². The van der Waals surface area contributed by atoms with Gasteiger partial charge in [0.15, 0.2) is 0 Å². The van der Waals surface area contributed by atoms with E-state index in [0.29, 0.717) is 10.7 Å². The van der Waals surface area contributed by atoms with E-state index in [4.69, 9.17) is 27.9 Å². The SMILES string of the molecule is NC(=O)CCn1c(=O)n(N)c(=Nc2ccc(OC3CCC3)cc2)n(Cc2ccc(Cl)cc2)c1=O. The van der Waals surface area contributed by atoms with Crippen molar-refractivity contribution in [2.75, 3.05) is 5.84 Å². The van der Waals surface area contributed by atoms with Gasteiger partial charge in [-0.1, -0.05) is 23.7 Å². The molecule has 1 aromatic heterocycles. The summed E-state index contributed by atoms with van der Waals surface area (Å²) in [5, 5.41) is 0.547. The van der Waals surface area contributed by atoms with Crippen LogP contribution < -0.4 is 33.3 Å². The molecule has 34 heavy (non-hydrogen) atoms. The first-order valence-electron chi connectivity index (χ1n) is 10.9. The van der Waals surface area contributed by atoms with Crippen LogP contribution in [0.5, 0.6) is 5.75 Å². The average Bonchev–Trinajstić information content (AvgIpc) is 2.79. The maximum absolute atomic E-state index is 13.3. The molecule has 1 aliphatic rings. The first-order chi connectivity index (χ1) is 16.3.